The average Bonchev–Trinajstić information content (AvgIpc) is 3.31. The molecule has 1 N–H and O–H groups in total. The van der Waals surface area contributed by atoms with Gasteiger partial charge in [-0.1, -0.05) is 78.4 Å². The monoisotopic (exact) mass is 448 g/mol. The van der Waals surface area contributed by atoms with Crippen LogP contribution < -0.4 is 10.2 Å². The van der Waals surface area contributed by atoms with Gasteiger partial charge >= 0.3 is 0 Å². The van der Waals surface area contributed by atoms with Crippen LogP contribution >= 0.6 is 11.6 Å². The second kappa shape index (κ2) is 9.12. The largest absolute Gasteiger partial charge is 0.352 e. The summed E-state index contributed by atoms with van der Waals surface area (Å²) in [6.07, 6.45) is 7.79. The van der Waals surface area contributed by atoms with Gasteiger partial charge in [0.1, 0.15) is 12.6 Å². The Kier molecular flexibility index (Phi) is 5.90. The number of aromatic nitrogens is 4. The first-order valence-corrected chi connectivity index (χ1v) is 11.4. The number of benzene rings is 2. The van der Waals surface area contributed by atoms with Crippen molar-refractivity contribution in [3.63, 3.8) is 0 Å². The standard InChI is InChI=1S/C24H25ClN6O/c25-19-13-11-18(12-14-19)22-15-21(17-7-3-1-4-8-17)30(24-27-28-29-31(22)24)16-23(32)26-20-9-5-2-6-10-20/h1,3-4,7-8,11-15,20,22H,2,5-6,9-10,16H2,(H,26,32)/t22-/m1/s1. The van der Waals surface area contributed by atoms with Crippen LogP contribution in [0.25, 0.3) is 5.70 Å². The highest BCUT2D eigenvalue weighted by molar-refractivity contribution is 6.30. The number of anilines is 1. The third-order valence-electron chi connectivity index (χ3n) is 6.14. The Morgan fingerprint density at radius 2 is 1.78 bits per heavy atom. The number of tetrazole rings is 1. The van der Waals surface area contributed by atoms with Gasteiger partial charge in [0, 0.05) is 11.1 Å². The van der Waals surface area contributed by atoms with Crippen molar-refractivity contribution < 1.29 is 4.79 Å². The summed E-state index contributed by atoms with van der Waals surface area (Å²) in [5, 5.41) is 16.3. The molecule has 0 radical (unpaired) electrons. The molecule has 1 amide bonds. The molecule has 0 saturated heterocycles. The van der Waals surface area contributed by atoms with Gasteiger partial charge in [0.15, 0.2) is 0 Å². The van der Waals surface area contributed by atoms with Crippen molar-refractivity contribution in [2.24, 2.45) is 0 Å². The van der Waals surface area contributed by atoms with Crippen molar-refractivity contribution in [2.45, 2.75) is 44.2 Å². The minimum Gasteiger partial charge on any atom is -0.352 e. The molecule has 1 aromatic heterocycles. The number of hydrogen-bond donors (Lipinski definition) is 1. The number of hydrogen-bond acceptors (Lipinski definition) is 5. The zero-order chi connectivity index (χ0) is 21.9. The summed E-state index contributed by atoms with van der Waals surface area (Å²) in [6.45, 7) is 0.158. The summed E-state index contributed by atoms with van der Waals surface area (Å²) >= 11 is 6.10. The Bertz CT molecular complexity index is 1110. The van der Waals surface area contributed by atoms with Crippen LogP contribution in [-0.2, 0) is 4.79 Å². The molecule has 0 unspecified atom stereocenters. The van der Waals surface area contributed by atoms with Gasteiger partial charge in [-0.25, -0.2) is 0 Å². The Labute approximate surface area is 192 Å². The first-order chi connectivity index (χ1) is 15.7. The van der Waals surface area contributed by atoms with Crippen LogP contribution in [0.5, 0.6) is 0 Å². The van der Waals surface area contributed by atoms with Gasteiger partial charge in [-0.2, -0.15) is 4.68 Å². The fourth-order valence-electron chi connectivity index (χ4n) is 4.54. The molecule has 2 heterocycles. The van der Waals surface area contributed by atoms with Crippen molar-refractivity contribution in [3.05, 3.63) is 76.8 Å². The van der Waals surface area contributed by atoms with E-state index in [9.17, 15) is 4.79 Å². The highest BCUT2D eigenvalue weighted by atomic mass is 35.5. The summed E-state index contributed by atoms with van der Waals surface area (Å²) in [4.78, 5) is 14.9. The molecule has 3 aromatic rings. The Morgan fingerprint density at radius 1 is 1.03 bits per heavy atom. The lowest BCUT2D eigenvalue weighted by molar-refractivity contribution is -0.120. The number of halogens is 1. The molecule has 32 heavy (non-hydrogen) atoms. The number of nitrogens with one attached hydrogen (secondary N) is 1. The lowest BCUT2D eigenvalue weighted by Crippen LogP contribution is -2.44. The summed E-state index contributed by atoms with van der Waals surface area (Å²) in [6, 6.07) is 17.8. The van der Waals surface area contributed by atoms with Gasteiger partial charge in [-0.05, 0) is 52.6 Å². The number of carbonyl (C=O) groups excluding carboxylic acids is 1. The molecule has 1 aliphatic carbocycles. The van der Waals surface area contributed by atoms with E-state index < -0.39 is 0 Å². The maximum atomic E-state index is 13.0. The molecule has 5 rings (SSSR count). The molecule has 1 saturated carbocycles. The molecule has 1 aliphatic heterocycles. The summed E-state index contributed by atoms with van der Waals surface area (Å²) in [7, 11) is 0. The number of rotatable bonds is 5. The fourth-order valence-corrected chi connectivity index (χ4v) is 4.67. The molecule has 2 aromatic carbocycles. The Hall–Kier alpha value is -3.19. The highest BCUT2D eigenvalue weighted by Gasteiger charge is 2.32. The van der Waals surface area contributed by atoms with E-state index in [0.717, 1.165) is 29.7 Å². The minimum atomic E-state index is -0.204. The zero-order valence-corrected chi connectivity index (χ0v) is 18.4. The van der Waals surface area contributed by atoms with Gasteiger partial charge in [0.25, 0.3) is 5.95 Å². The fraction of sp³-hybridized carbons (Fsp3) is 0.333. The molecule has 8 heteroatoms. The quantitative estimate of drug-likeness (QED) is 0.632. The molecule has 0 spiro atoms. The molecule has 0 bridgehead atoms. The van der Waals surface area contributed by atoms with E-state index in [1.54, 1.807) is 4.68 Å². The Morgan fingerprint density at radius 3 is 2.53 bits per heavy atom. The summed E-state index contributed by atoms with van der Waals surface area (Å²) in [5.74, 6) is 0.531. The summed E-state index contributed by atoms with van der Waals surface area (Å²) in [5.41, 5.74) is 2.93. The predicted molar refractivity (Wildman–Crippen MR) is 124 cm³/mol. The normalized spacial score (nSPS) is 18.7. The number of carbonyl (C=O) groups is 1. The van der Waals surface area contributed by atoms with Crippen molar-refractivity contribution in [3.8, 4) is 0 Å². The van der Waals surface area contributed by atoms with Gasteiger partial charge in [-0.3, -0.25) is 9.69 Å². The van der Waals surface area contributed by atoms with Crippen LogP contribution in [-0.4, -0.2) is 38.7 Å². The van der Waals surface area contributed by atoms with Crippen LogP contribution in [0, 0.1) is 0 Å². The van der Waals surface area contributed by atoms with E-state index in [1.165, 1.54) is 19.3 Å². The van der Waals surface area contributed by atoms with E-state index in [2.05, 4.69) is 26.9 Å². The molecule has 2 aliphatic rings. The predicted octanol–water partition coefficient (Wildman–Crippen LogP) is 4.23. The van der Waals surface area contributed by atoms with Gasteiger partial charge in [0.2, 0.25) is 5.91 Å². The smallest absolute Gasteiger partial charge is 0.251 e. The molecule has 1 atom stereocenters. The maximum Gasteiger partial charge on any atom is 0.251 e. The van der Waals surface area contributed by atoms with Crippen LogP contribution in [0.4, 0.5) is 5.95 Å². The van der Waals surface area contributed by atoms with E-state index in [-0.39, 0.29) is 24.5 Å². The second-order valence-corrected chi connectivity index (χ2v) is 8.76. The summed E-state index contributed by atoms with van der Waals surface area (Å²) < 4.78 is 1.75. The van der Waals surface area contributed by atoms with E-state index in [0.29, 0.717) is 11.0 Å². The topological polar surface area (TPSA) is 75.9 Å². The number of fused-ring (bicyclic) bond motifs is 1. The molecule has 7 nitrogen and oxygen atoms in total. The SMILES string of the molecule is O=C(CN1C(c2ccccc2)=C[C@H](c2ccc(Cl)cc2)n2nnnc21)NC1CCCCC1. The van der Waals surface area contributed by atoms with E-state index in [4.69, 9.17) is 11.6 Å². The molecule has 164 valence electrons. The Balaban J connectivity index is 1.49. The van der Waals surface area contributed by atoms with Crippen LogP contribution in [0.2, 0.25) is 5.02 Å². The first kappa shape index (κ1) is 20.7. The lowest BCUT2D eigenvalue weighted by atomic mass is 9.95. The van der Waals surface area contributed by atoms with Crippen LogP contribution in [0.15, 0.2) is 60.7 Å². The third-order valence-corrected chi connectivity index (χ3v) is 6.39. The average molecular weight is 449 g/mol. The number of amides is 1. The van der Waals surface area contributed by atoms with Gasteiger partial charge in [-0.15, -0.1) is 0 Å². The van der Waals surface area contributed by atoms with Crippen molar-refractivity contribution in [2.75, 3.05) is 11.4 Å². The number of allylic oxidation sites excluding steroid dienone is 1. The lowest BCUT2D eigenvalue weighted by Gasteiger charge is -2.33. The zero-order valence-electron chi connectivity index (χ0n) is 17.7. The minimum absolute atomic E-state index is 0.0155. The maximum absolute atomic E-state index is 13.0. The van der Waals surface area contributed by atoms with E-state index >= 15 is 0 Å². The number of nitrogens with zero attached hydrogens (tertiary/aromatic N) is 5. The van der Waals surface area contributed by atoms with Crippen molar-refractivity contribution in [1.29, 1.82) is 0 Å². The van der Waals surface area contributed by atoms with Crippen molar-refractivity contribution >= 4 is 29.2 Å². The van der Waals surface area contributed by atoms with Gasteiger partial charge < -0.3 is 5.32 Å². The van der Waals surface area contributed by atoms with Gasteiger partial charge in [0.05, 0.1) is 5.70 Å². The second-order valence-electron chi connectivity index (χ2n) is 8.33. The van der Waals surface area contributed by atoms with Crippen LogP contribution in [0.3, 0.4) is 0 Å². The third kappa shape index (κ3) is 4.25. The van der Waals surface area contributed by atoms with Crippen LogP contribution in [0.1, 0.15) is 49.3 Å². The highest BCUT2D eigenvalue weighted by Crippen LogP contribution is 2.36. The molecular formula is C24H25ClN6O. The molecular weight excluding hydrogens is 424 g/mol. The first-order valence-electron chi connectivity index (χ1n) is 11.1. The van der Waals surface area contributed by atoms with E-state index in [1.807, 2.05) is 59.5 Å². The van der Waals surface area contributed by atoms with Crippen molar-refractivity contribution in [1.82, 2.24) is 25.5 Å². The molecule has 1 fully saturated rings.